The van der Waals surface area contributed by atoms with Gasteiger partial charge in [0.25, 0.3) is 0 Å². The van der Waals surface area contributed by atoms with Gasteiger partial charge in [-0.2, -0.15) is 0 Å². The lowest BCUT2D eigenvalue weighted by Gasteiger charge is -2.06. The Hall–Kier alpha value is -2.02. The number of benzene rings is 2. The lowest BCUT2D eigenvalue weighted by atomic mass is 10.1. The van der Waals surface area contributed by atoms with Gasteiger partial charge in [0.1, 0.15) is 11.9 Å². The first-order chi connectivity index (χ1) is 8.92. The van der Waals surface area contributed by atoms with Crippen LogP contribution in [-0.4, -0.2) is 6.10 Å². The lowest BCUT2D eigenvalue weighted by molar-refractivity contribution is 0.237. The summed E-state index contributed by atoms with van der Waals surface area (Å²) in [5.41, 5.74) is 2.57. The van der Waals surface area contributed by atoms with Crippen LogP contribution < -0.4 is 4.74 Å². The summed E-state index contributed by atoms with van der Waals surface area (Å²) in [7, 11) is 0. The van der Waals surface area contributed by atoms with Crippen molar-refractivity contribution >= 4 is 6.08 Å². The minimum atomic E-state index is 0.294. The molecule has 2 aromatic carbocycles. The van der Waals surface area contributed by atoms with Gasteiger partial charge < -0.3 is 4.74 Å². The van der Waals surface area contributed by atoms with Crippen molar-refractivity contribution in [2.75, 3.05) is 0 Å². The predicted octanol–water partition coefficient (Wildman–Crippen LogP) is 4.09. The van der Waals surface area contributed by atoms with Crippen LogP contribution in [0, 0.1) is 0 Å². The van der Waals surface area contributed by atoms with Crippen LogP contribution in [0.5, 0.6) is 5.75 Å². The molecule has 0 radical (unpaired) electrons. The fourth-order valence-electron chi connectivity index (χ4n) is 2.31. The molecule has 1 aliphatic heterocycles. The van der Waals surface area contributed by atoms with E-state index in [0.717, 1.165) is 18.6 Å². The molecular weight excluding hydrogens is 220 g/mol. The second kappa shape index (κ2) is 5.09. The molecule has 0 aromatic heterocycles. The van der Waals surface area contributed by atoms with Crippen molar-refractivity contribution in [3.8, 4) is 5.75 Å². The molecule has 0 saturated heterocycles. The minimum Gasteiger partial charge on any atom is -0.489 e. The van der Waals surface area contributed by atoms with E-state index in [9.17, 15) is 0 Å². The zero-order chi connectivity index (χ0) is 12.2. The molecule has 90 valence electrons. The molecule has 0 bridgehead atoms. The van der Waals surface area contributed by atoms with Gasteiger partial charge >= 0.3 is 0 Å². The van der Waals surface area contributed by atoms with Crippen molar-refractivity contribution in [3.05, 3.63) is 71.8 Å². The molecule has 3 rings (SSSR count). The molecule has 0 spiro atoms. The van der Waals surface area contributed by atoms with Gasteiger partial charge in [-0.1, -0.05) is 60.7 Å². The van der Waals surface area contributed by atoms with Gasteiger partial charge in [0.15, 0.2) is 0 Å². The molecule has 1 heterocycles. The Kier molecular flexibility index (Phi) is 3.14. The summed E-state index contributed by atoms with van der Waals surface area (Å²) in [6.45, 7) is 0. The van der Waals surface area contributed by atoms with Crippen molar-refractivity contribution in [2.24, 2.45) is 0 Å². The highest BCUT2D eigenvalue weighted by molar-refractivity contribution is 5.48. The molecule has 1 nitrogen and oxygen atoms in total. The first-order valence-electron chi connectivity index (χ1n) is 6.38. The average molecular weight is 236 g/mol. The summed E-state index contributed by atoms with van der Waals surface area (Å²) >= 11 is 0. The molecule has 0 fully saturated rings. The summed E-state index contributed by atoms with van der Waals surface area (Å²) in [6.07, 6.45) is 6.64. The van der Waals surface area contributed by atoms with Gasteiger partial charge in [-0.05, 0) is 17.2 Å². The quantitative estimate of drug-likeness (QED) is 0.779. The molecule has 1 atom stereocenters. The van der Waals surface area contributed by atoms with Gasteiger partial charge in [0, 0.05) is 12.8 Å². The number of hydrogen-bond donors (Lipinski definition) is 0. The Balaban J connectivity index is 1.59. The van der Waals surface area contributed by atoms with E-state index >= 15 is 0 Å². The number of fused-ring (bicyclic) bond motifs is 1. The van der Waals surface area contributed by atoms with Crippen LogP contribution in [0.2, 0.25) is 0 Å². The maximum Gasteiger partial charge on any atom is 0.123 e. The van der Waals surface area contributed by atoms with Crippen LogP contribution >= 0.6 is 0 Å². The molecule has 1 heteroatoms. The number of ether oxygens (including phenoxy) is 1. The second-order valence-corrected chi connectivity index (χ2v) is 4.60. The Morgan fingerprint density at radius 3 is 2.61 bits per heavy atom. The molecule has 0 N–H and O–H groups in total. The number of rotatable bonds is 3. The SMILES string of the molecule is C(=C\c1ccccc1)/CC1Cc2ccccc2O1. The topological polar surface area (TPSA) is 9.23 Å². The standard InChI is InChI=1S/C17H16O/c1-2-7-14(8-3-1)9-6-11-16-13-15-10-4-5-12-17(15)18-16/h1-10,12,16H,11,13H2/b9-6+. The van der Waals surface area contributed by atoms with E-state index in [0.29, 0.717) is 6.10 Å². The molecule has 1 unspecified atom stereocenters. The predicted molar refractivity (Wildman–Crippen MR) is 74.7 cm³/mol. The van der Waals surface area contributed by atoms with Crippen LogP contribution in [0.15, 0.2) is 60.7 Å². The Bertz CT molecular complexity index is 518. The van der Waals surface area contributed by atoms with Crippen molar-refractivity contribution in [1.29, 1.82) is 0 Å². The van der Waals surface area contributed by atoms with E-state index < -0.39 is 0 Å². The van der Waals surface area contributed by atoms with Crippen LogP contribution in [0.4, 0.5) is 0 Å². The first kappa shape index (κ1) is 11.1. The molecule has 2 aromatic rings. The largest absolute Gasteiger partial charge is 0.489 e. The second-order valence-electron chi connectivity index (χ2n) is 4.60. The van der Waals surface area contributed by atoms with Crippen LogP contribution in [0.25, 0.3) is 6.08 Å². The lowest BCUT2D eigenvalue weighted by Crippen LogP contribution is -2.10. The Morgan fingerprint density at radius 1 is 1.00 bits per heavy atom. The maximum absolute atomic E-state index is 5.89. The highest BCUT2D eigenvalue weighted by Gasteiger charge is 2.20. The highest BCUT2D eigenvalue weighted by Crippen LogP contribution is 2.29. The third-order valence-electron chi connectivity index (χ3n) is 3.22. The summed E-state index contributed by atoms with van der Waals surface area (Å²) < 4.78 is 5.89. The third-order valence-corrected chi connectivity index (χ3v) is 3.22. The van der Waals surface area contributed by atoms with E-state index in [1.54, 1.807) is 0 Å². The van der Waals surface area contributed by atoms with E-state index in [-0.39, 0.29) is 0 Å². The van der Waals surface area contributed by atoms with Crippen LogP contribution in [0.1, 0.15) is 17.5 Å². The fourth-order valence-corrected chi connectivity index (χ4v) is 2.31. The maximum atomic E-state index is 5.89. The Morgan fingerprint density at radius 2 is 1.78 bits per heavy atom. The summed E-state index contributed by atoms with van der Waals surface area (Å²) in [4.78, 5) is 0. The number of para-hydroxylation sites is 1. The Labute approximate surface area is 108 Å². The van der Waals surface area contributed by atoms with Gasteiger partial charge in [-0.25, -0.2) is 0 Å². The monoisotopic (exact) mass is 236 g/mol. The van der Waals surface area contributed by atoms with E-state index in [4.69, 9.17) is 4.74 Å². The normalized spacial score (nSPS) is 17.7. The van der Waals surface area contributed by atoms with Crippen LogP contribution in [-0.2, 0) is 6.42 Å². The van der Waals surface area contributed by atoms with E-state index in [1.165, 1.54) is 11.1 Å². The third kappa shape index (κ3) is 2.45. The fraction of sp³-hybridized carbons (Fsp3) is 0.176. The first-order valence-corrected chi connectivity index (χ1v) is 6.38. The van der Waals surface area contributed by atoms with E-state index in [2.05, 4.69) is 54.6 Å². The summed E-state index contributed by atoms with van der Waals surface area (Å²) in [6, 6.07) is 18.7. The highest BCUT2D eigenvalue weighted by atomic mass is 16.5. The summed E-state index contributed by atoms with van der Waals surface area (Å²) in [5.74, 6) is 1.05. The summed E-state index contributed by atoms with van der Waals surface area (Å²) in [5, 5.41) is 0. The minimum absolute atomic E-state index is 0.294. The molecule has 0 aliphatic carbocycles. The van der Waals surface area contributed by atoms with Crippen LogP contribution in [0.3, 0.4) is 0 Å². The average Bonchev–Trinajstić information content (AvgIpc) is 2.82. The van der Waals surface area contributed by atoms with Crippen molar-refractivity contribution in [3.63, 3.8) is 0 Å². The van der Waals surface area contributed by atoms with Gasteiger partial charge in [-0.3, -0.25) is 0 Å². The van der Waals surface area contributed by atoms with Gasteiger partial charge in [0.2, 0.25) is 0 Å². The molecule has 18 heavy (non-hydrogen) atoms. The molecule has 0 saturated carbocycles. The van der Waals surface area contributed by atoms with Gasteiger partial charge in [-0.15, -0.1) is 0 Å². The molecular formula is C17H16O. The van der Waals surface area contributed by atoms with Crippen molar-refractivity contribution in [2.45, 2.75) is 18.9 Å². The zero-order valence-electron chi connectivity index (χ0n) is 10.3. The van der Waals surface area contributed by atoms with Crippen molar-refractivity contribution < 1.29 is 4.74 Å². The molecule has 0 amide bonds. The van der Waals surface area contributed by atoms with Gasteiger partial charge in [0.05, 0.1) is 0 Å². The smallest absolute Gasteiger partial charge is 0.123 e. The molecule has 1 aliphatic rings. The number of hydrogen-bond acceptors (Lipinski definition) is 1. The van der Waals surface area contributed by atoms with Crippen molar-refractivity contribution in [1.82, 2.24) is 0 Å². The zero-order valence-corrected chi connectivity index (χ0v) is 10.3. The van der Waals surface area contributed by atoms with E-state index in [1.807, 2.05) is 12.1 Å².